The van der Waals surface area contributed by atoms with Gasteiger partial charge in [0.15, 0.2) is 0 Å². The van der Waals surface area contributed by atoms with Crippen molar-refractivity contribution in [3.63, 3.8) is 0 Å². The van der Waals surface area contributed by atoms with Gasteiger partial charge in [-0.05, 0) is 6.42 Å². The van der Waals surface area contributed by atoms with Crippen molar-refractivity contribution in [1.82, 2.24) is 14.9 Å². The summed E-state index contributed by atoms with van der Waals surface area (Å²) in [4.78, 5) is 11.2. The van der Waals surface area contributed by atoms with Crippen LogP contribution in [-0.2, 0) is 6.42 Å². The van der Waals surface area contributed by atoms with E-state index in [4.69, 9.17) is 11.6 Å². The van der Waals surface area contributed by atoms with Crippen LogP contribution in [0.25, 0.3) is 0 Å². The Morgan fingerprint density at radius 2 is 2.16 bits per heavy atom. The van der Waals surface area contributed by atoms with E-state index >= 15 is 0 Å². The predicted octanol–water partition coefficient (Wildman–Crippen LogP) is 2.54. The van der Waals surface area contributed by atoms with Crippen LogP contribution in [0.3, 0.4) is 0 Å². The number of aryl methyl sites for hydroxylation is 1. The molecular weight excluding hydrogens is 280 g/mol. The van der Waals surface area contributed by atoms with Gasteiger partial charge in [0.2, 0.25) is 0 Å². The molecule has 1 aliphatic heterocycles. The van der Waals surface area contributed by atoms with Gasteiger partial charge in [0.05, 0.1) is 0 Å². The molecule has 0 aromatic carbocycles. The Bertz CT molecular complexity index is 396. The largest absolute Gasteiger partial charge is 0.369 e. The molecule has 1 N–H and O–H groups in total. The maximum atomic E-state index is 6.01. The Labute approximate surface area is 124 Å². The van der Waals surface area contributed by atoms with Crippen molar-refractivity contribution in [1.29, 1.82) is 0 Å². The molecule has 0 radical (unpaired) electrons. The van der Waals surface area contributed by atoms with Gasteiger partial charge in [0, 0.05) is 50.2 Å². The Balaban J connectivity index is 1.81. The second-order valence-electron chi connectivity index (χ2n) is 4.62. The summed E-state index contributed by atoms with van der Waals surface area (Å²) in [7, 11) is 0. The molecule has 0 aliphatic carbocycles. The molecule has 0 unspecified atom stereocenters. The van der Waals surface area contributed by atoms with Crippen molar-refractivity contribution in [3.05, 3.63) is 17.0 Å². The van der Waals surface area contributed by atoms with Crippen LogP contribution in [0.15, 0.2) is 6.07 Å². The minimum Gasteiger partial charge on any atom is -0.369 e. The number of halogens is 1. The molecule has 1 aromatic heterocycles. The van der Waals surface area contributed by atoms with E-state index in [-0.39, 0.29) is 0 Å². The molecule has 2 heterocycles. The molecule has 1 aliphatic rings. The number of hydrogen-bond acceptors (Lipinski definition) is 5. The summed E-state index contributed by atoms with van der Waals surface area (Å²) in [6.07, 6.45) is 1.91. The molecule has 0 saturated carbocycles. The first-order chi connectivity index (χ1) is 9.28. The summed E-state index contributed by atoms with van der Waals surface area (Å²) >= 11 is 8.05. The van der Waals surface area contributed by atoms with Gasteiger partial charge in [-0.1, -0.05) is 18.5 Å². The highest BCUT2D eigenvalue weighted by atomic mass is 35.5. The highest BCUT2D eigenvalue weighted by molar-refractivity contribution is 7.99. The lowest BCUT2D eigenvalue weighted by molar-refractivity contribution is 0.314. The van der Waals surface area contributed by atoms with Crippen molar-refractivity contribution < 1.29 is 0 Å². The summed E-state index contributed by atoms with van der Waals surface area (Å²) in [5.74, 6) is 4.17. The van der Waals surface area contributed by atoms with E-state index in [1.165, 1.54) is 24.6 Å². The summed E-state index contributed by atoms with van der Waals surface area (Å²) < 4.78 is 0. The normalized spacial score (nSPS) is 16.5. The topological polar surface area (TPSA) is 41.1 Å². The highest BCUT2D eigenvalue weighted by Crippen LogP contribution is 2.13. The fraction of sp³-hybridized carbons (Fsp3) is 0.692. The third-order valence-corrected chi connectivity index (χ3v) is 4.19. The Kier molecular flexibility index (Phi) is 6.20. The van der Waals surface area contributed by atoms with Gasteiger partial charge in [-0.15, -0.1) is 0 Å². The van der Waals surface area contributed by atoms with Crippen LogP contribution in [0.2, 0.25) is 5.15 Å². The van der Waals surface area contributed by atoms with Crippen LogP contribution in [-0.4, -0.2) is 52.6 Å². The molecule has 19 heavy (non-hydrogen) atoms. The molecule has 6 heteroatoms. The van der Waals surface area contributed by atoms with E-state index in [0.717, 1.165) is 37.6 Å². The number of hydrogen-bond donors (Lipinski definition) is 1. The number of nitrogens with one attached hydrogen (secondary N) is 1. The first-order valence-corrected chi connectivity index (χ1v) is 8.38. The first-order valence-electron chi connectivity index (χ1n) is 6.85. The molecule has 0 atom stereocenters. The third kappa shape index (κ3) is 5.16. The maximum absolute atomic E-state index is 6.01. The van der Waals surface area contributed by atoms with Gasteiger partial charge in [-0.3, -0.25) is 4.90 Å². The molecule has 4 nitrogen and oxygen atoms in total. The van der Waals surface area contributed by atoms with Crippen molar-refractivity contribution in [3.8, 4) is 0 Å². The zero-order valence-corrected chi connectivity index (χ0v) is 12.9. The second kappa shape index (κ2) is 7.92. The van der Waals surface area contributed by atoms with Gasteiger partial charge < -0.3 is 5.32 Å². The standard InChI is InChI=1S/C13H21ClN4S/c1-2-3-12-16-11(14)10-13(17-12)15-4-5-18-6-8-19-9-7-18/h10H,2-9H2,1H3,(H,15,16,17). The molecule has 2 rings (SSSR count). The summed E-state index contributed by atoms with van der Waals surface area (Å²) in [5.41, 5.74) is 0. The fourth-order valence-electron chi connectivity index (χ4n) is 2.06. The lowest BCUT2D eigenvalue weighted by atomic mass is 10.3. The first kappa shape index (κ1) is 14.9. The monoisotopic (exact) mass is 300 g/mol. The summed E-state index contributed by atoms with van der Waals surface area (Å²) in [6.45, 7) is 6.47. The number of thioether (sulfide) groups is 1. The average molecular weight is 301 g/mol. The molecule has 0 amide bonds. The van der Waals surface area contributed by atoms with Gasteiger partial charge in [0.1, 0.15) is 16.8 Å². The van der Waals surface area contributed by atoms with Crippen LogP contribution in [0.4, 0.5) is 5.82 Å². The maximum Gasteiger partial charge on any atom is 0.134 e. The third-order valence-electron chi connectivity index (χ3n) is 3.05. The SMILES string of the molecule is CCCc1nc(Cl)cc(NCCN2CCSCC2)n1. The number of nitrogens with zero attached hydrogens (tertiary/aromatic N) is 3. The van der Waals surface area contributed by atoms with Crippen molar-refractivity contribution in [2.45, 2.75) is 19.8 Å². The van der Waals surface area contributed by atoms with Crippen LogP contribution >= 0.6 is 23.4 Å². The second-order valence-corrected chi connectivity index (χ2v) is 6.23. The summed E-state index contributed by atoms with van der Waals surface area (Å²) in [5, 5.41) is 3.87. The van der Waals surface area contributed by atoms with E-state index in [1.807, 2.05) is 11.8 Å². The molecular formula is C13H21ClN4S. The van der Waals surface area contributed by atoms with Crippen LogP contribution < -0.4 is 5.32 Å². The van der Waals surface area contributed by atoms with Gasteiger partial charge >= 0.3 is 0 Å². The van der Waals surface area contributed by atoms with Gasteiger partial charge in [-0.25, -0.2) is 9.97 Å². The predicted molar refractivity (Wildman–Crippen MR) is 83.3 cm³/mol. The van der Waals surface area contributed by atoms with E-state index in [9.17, 15) is 0 Å². The van der Waals surface area contributed by atoms with Crippen LogP contribution in [0.5, 0.6) is 0 Å². The van der Waals surface area contributed by atoms with Crippen LogP contribution in [0.1, 0.15) is 19.2 Å². The molecule has 0 spiro atoms. The molecule has 1 aromatic rings. The quantitative estimate of drug-likeness (QED) is 0.818. The Hall–Kier alpha value is -0.520. The number of rotatable bonds is 6. The van der Waals surface area contributed by atoms with Gasteiger partial charge in [0.25, 0.3) is 0 Å². The highest BCUT2D eigenvalue weighted by Gasteiger charge is 2.09. The zero-order chi connectivity index (χ0) is 13.5. The molecule has 1 saturated heterocycles. The number of aromatic nitrogens is 2. The minimum absolute atomic E-state index is 0.523. The zero-order valence-electron chi connectivity index (χ0n) is 11.4. The van der Waals surface area contributed by atoms with E-state index in [0.29, 0.717) is 5.15 Å². The van der Waals surface area contributed by atoms with E-state index in [1.54, 1.807) is 6.07 Å². The summed E-state index contributed by atoms with van der Waals surface area (Å²) in [6, 6.07) is 1.80. The van der Waals surface area contributed by atoms with Crippen LogP contribution in [0, 0.1) is 0 Å². The molecule has 0 bridgehead atoms. The fourth-order valence-corrected chi connectivity index (χ4v) is 3.24. The van der Waals surface area contributed by atoms with E-state index in [2.05, 4.69) is 27.1 Å². The van der Waals surface area contributed by atoms with Crippen molar-refractivity contribution >= 4 is 29.2 Å². The van der Waals surface area contributed by atoms with Gasteiger partial charge in [-0.2, -0.15) is 11.8 Å². The smallest absolute Gasteiger partial charge is 0.134 e. The number of anilines is 1. The van der Waals surface area contributed by atoms with Crippen molar-refractivity contribution in [2.75, 3.05) is 43.0 Å². The Morgan fingerprint density at radius 3 is 2.89 bits per heavy atom. The lowest BCUT2D eigenvalue weighted by Gasteiger charge is -2.26. The van der Waals surface area contributed by atoms with E-state index < -0.39 is 0 Å². The Morgan fingerprint density at radius 1 is 1.37 bits per heavy atom. The molecule has 106 valence electrons. The van der Waals surface area contributed by atoms with Crippen molar-refractivity contribution in [2.24, 2.45) is 0 Å². The lowest BCUT2D eigenvalue weighted by Crippen LogP contribution is -2.36. The molecule has 1 fully saturated rings. The average Bonchev–Trinajstić information content (AvgIpc) is 2.40. The minimum atomic E-state index is 0.523.